The van der Waals surface area contributed by atoms with E-state index in [1.807, 2.05) is 0 Å². The third-order valence-corrected chi connectivity index (χ3v) is 4.03. The van der Waals surface area contributed by atoms with Gasteiger partial charge in [-0.3, -0.25) is 4.79 Å². The van der Waals surface area contributed by atoms with E-state index < -0.39 is 34.4 Å². The first-order chi connectivity index (χ1) is 12.4. The van der Waals surface area contributed by atoms with Crippen molar-refractivity contribution in [3.63, 3.8) is 0 Å². The highest BCUT2D eigenvalue weighted by Crippen LogP contribution is 2.40. The molecule has 5 N–H and O–H groups in total. The van der Waals surface area contributed by atoms with Crippen LogP contribution < -0.4 is 16.0 Å². The Morgan fingerprint density at radius 2 is 1.65 bits per heavy atom. The lowest BCUT2D eigenvalue weighted by atomic mass is 9.90. The number of carboxylic acid groups (broad SMARTS) is 2. The van der Waals surface area contributed by atoms with Crippen LogP contribution in [-0.2, 0) is 0 Å². The van der Waals surface area contributed by atoms with Crippen LogP contribution in [-0.4, -0.2) is 34.2 Å². The summed E-state index contributed by atoms with van der Waals surface area (Å²) in [5.41, 5.74) is 3.37. The molecule has 26 heavy (non-hydrogen) atoms. The maximum Gasteiger partial charge on any atom is 0.342 e. The molecule has 0 radical (unpaired) electrons. The highest BCUT2D eigenvalue weighted by molar-refractivity contribution is 6.13. The Morgan fingerprint density at radius 1 is 1.00 bits per heavy atom. The van der Waals surface area contributed by atoms with Gasteiger partial charge in [0, 0.05) is 11.1 Å². The number of ether oxygens (including phenoxy) is 1. The number of nitrogens with two attached hydrogens (primary N) is 1. The van der Waals surface area contributed by atoms with E-state index in [0.29, 0.717) is 5.39 Å². The largest absolute Gasteiger partial charge is 0.496 e. The molecule has 0 unspecified atom stereocenters. The monoisotopic (exact) mass is 354 g/mol. The first kappa shape index (κ1) is 17.0. The number of aromatic nitrogens is 1. The molecule has 3 aromatic rings. The van der Waals surface area contributed by atoms with Gasteiger partial charge >= 0.3 is 11.9 Å². The van der Waals surface area contributed by atoms with E-state index in [1.54, 1.807) is 36.4 Å². The molecule has 0 saturated heterocycles. The Labute approximate surface area is 146 Å². The predicted molar refractivity (Wildman–Crippen MR) is 94.9 cm³/mol. The van der Waals surface area contributed by atoms with E-state index in [-0.39, 0.29) is 16.9 Å². The SMILES string of the molecule is COc1ccc2ccccc2c1-c1c(C(=O)O)c(N)[nH]c(=O)c1C(=O)O. The molecule has 0 fully saturated rings. The van der Waals surface area contributed by atoms with Crippen molar-refractivity contribution in [3.05, 3.63) is 57.9 Å². The molecule has 0 bridgehead atoms. The van der Waals surface area contributed by atoms with Crippen LogP contribution in [0.4, 0.5) is 5.82 Å². The Balaban J connectivity index is 2.64. The molecule has 0 amide bonds. The van der Waals surface area contributed by atoms with Crippen LogP contribution in [0.25, 0.3) is 21.9 Å². The molecule has 3 rings (SSSR count). The number of benzene rings is 2. The van der Waals surface area contributed by atoms with E-state index in [0.717, 1.165) is 5.39 Å². The smallest absolute Gasteiger partial charge is 0.342 e. The molecule has 132 valence electrons. The van der Waals surface area contributed by atoms with Gasteiger partial charge in [-0.2, -0.15) is 0 Å². The fourth-order valence-corrected chi connectivity index (χ4v) is 2.98. The quantitative estimate of drug-likeness (QED) is 0.562. The van der Waals surface area contributed by atoms with Crippen molar-refractivity contribution < 1.29 is 24.5 Å². The molecule has 0 spiro atoms. The summed E-state index contributed by atoms with van der Waals surface area (Å²) in [5, 5.41) is 20.4. The molecule has 1 heterocycles. The van der Waals surface area contributed by atoms with Gasteiger partial charge in [0.15, 0.2) is 0 Å². The normalized spacial score (nSPS) is 10.7. The summed E-state index contributed by atoms with van der Waals surface area (Å²) in [4.78, 5) is 37.9. The fraction of sp³-hybridized carbons (Fsp3) is 0.0556. The van der Waals surface area contributed by atoms with E-state index >= 15 is 0 Å². The van der Waals surface area contributed by atoms with Crippen molar-refractivity contribution in [1.82, 2.24) is 4.98 Å². The lowest BCUT2D eigenvalue weighted by molar-refractivity contribution is 0.0695. The van der Waals surface area contributed by atoms with E-state index in [2.05, 4.69) is 4.98 Å². The second-order valence-electron chi connectivity index (χ2n) is 5.47. The second kappa shape index (κ2) is 6.25. The molecule has 0 atom stereocenters. The average Bonchev–Trinajstić information content (AvgIpc) is 2.59. The Kier molecular flexibility index (Phi) is 4.09. The third kappa shape index (κ3) is 2.53. The standard InChI is InChI=1S/C18H14N2O6/c1-26-10-7-6-8-4-2-3-5-9(8)11(10)12-13(17(22)23)15(19)20-16(21)14(12)18(24)25/h2-7H,1H3,(H,22,23)(H,24,25)(H3,19,20,21). The van der Waals surface area contributed by atoms with E-state index in [4.69, 9.17) is 10.5 Å². The molecule has 0 aliphatic carbocycles. The molecule has 8 nitrogen and oxygen atoms in total. The zero-order valence-corrected chi connectivity index (χ0v) is 13.6. The predicted octanol–water partition coefficient (Wildman–Crippen LogP) is 2.18. The summed E-state index contributed by atoms with van der Waals surface area (Å²) in [6.07, 6.45) is 0. The van der Waals surface area contributed by atoms with Crippen molar-refractivity contribution in [2.75, 3.05) is 12.8 Å². The van der Waals surface area contributed by atoms with Crippen LogP contribution in [0.2, 0.25) is 0 Å². The van der Waals surface area contributed by atoms with Crippen LogP contribution in [0.15, 0.2) is 41.2 Å². The van der Waals surface area contributed by atoms with Gasteiger partial charge < -0.3 is 25.7 Å². The van der Waals surface area contributed by atoms with Gasteiger partial charge in [-0.15, -0.1) is 0 Å². The van der Waals surface area contributed by atoms with Crippen LogP contribution >= 0.6 is 0 Å². The summed E-state index contributed by atoms with van der Waals surface area (Å²) >= 11 is 0. The van der Waals surface area contributed by atoms with Crippen molar-refractivity contribution in [2.24, 2.45) is 0 Å². The minimum absolute atomic E-state index is 0.179. The van der Waals surface area contributed by atoms with Gasteiger partial charge in [0.05, 0.1) is 7.11 Å². The first-order valence-corrected chi connectivity index (χ1v) is 7.45. The first-order valence-electron chi connectivity index (χ1n) is 7.45. The van der Waals surface area contributed by atoms with Crippen molar-refractivity contribution in [2.45, 2.75) is 0 Å². The summed E-state index contributed by atoms with van der Waals surface area (Å²) in [6.45, 7) is 0. The lowest BCUT2D eigenvalue weighted by Gasteiger charge is -2.17. The van der Waals surface area contributed by atoms with Gasteiger partial charge in [-0.05, 0) is 16.8 Å². The highest BCUT2D eigenvalue weighted by Gasteiger charge is 2.29. The number of hydrogen-bond acceptors (Lipinski definition) is 5. The fourth-order valence-electron chi connectivity index (χ4n) is 2.98. The number of carbonyl (C=O) groups is 2. The van der Waals surface area contributed by atoms with Gasteiger partial charge in [0.1, 0.15) is 22.7 Å². The topological polar surface area (TPSA) is 143 Å². The van der Waals surface area contributed by atoms with E-state index in [1.165, 1.54) is 7.11 Å². The van der Waals surface area contributed by atoms with Crippen LogP contribution in [0.5, 0.6) is 5.75 Å². The summed E-state index contributed by atoms with van der Waals surface area (Å²) in [6, 6.07) is 10.3. The molecule has 8 heteroatoms. The van der Waals surface area contributed by atoms with Gasteiger partial charge in [-0.1, -0.05) is 30.3 Å². The minimum atomic E-state index is -1.57. The maximum atomic E-state index is 12.2. The number of aromatic amines is 1. The number of nitrogens with one attached hydrogen (secondary N) is 1. The van der Waals surface area contributed by atoms with Crippen LogP contribution in [0.3, 0.4) is 0 Å². The Morgan fingerprint density at radius 3 is 2.27 bits per heavy atom. The second-order valence-corrected chi connectivity index (χ2v) is 5.47. The number of rotatable bonds is 4. The average molecular weight is 354 g/mol. The number of carboxylic acids is 2. The minimum Gasteiger partial charge on any atom is -0.496 e. The molecule has 0 aliphatic rings. The van der Waals surface area contributed by atoms with Crippen molar-refractivity contribution >= 4 is 28.5 Å². The van der Waals surface area contributed by atoms with Gasteiger partial charge in [0.25, 0.3) is 5.56 Å². The molecule has 0 aliphatic heterocycles. The van der Waals surface area contributed by atoms with Crippen molar-refractivity contribution in [1.29, 1.82) is 0 Å². The highest BCUT2D eigenvalue weighted by atomic mass is 16.5. The molecular weight excluding hydrogens is 340 g/mol. The molecular formula is C18H14N2O6. The Hall–Kier alpha value is -3.81. The third-order valence-electron chi connectivity index (χ3n) is 4.03. The number of anilines is 1. The zero-order chi connectivity index (χ0) is 19.0. The molecule has 0 saturated carbocycles. The van der Waals surface area contributed by atoms with Gasteiger partial charge in [-0.25, -0.2) is 9.59 Å². The number of pyridine rings is 1. The number of methoxy groups -OCH3 is 1. The summed E-state index contributed by atoms with van der Waals surface area (Å²) < 4.78 is 5.32. The lowest BCUT2D eigenvalue weighted by Crippen LogP contribution is -2.24. The Bertz CT molecular complexity index is 1120. The van der Waals surface area contributed by atoms with E-state index in [9.17, 15) is 24.6 Å². The zero-order valence-electron chi connectivity index (χ0n) is 13.6. The number of fused-ring (bicyclic) bond motifs is 1. The van der Waals surface area contributed by atoms with Crippen LogP contribution in [0, 0.1) is 0 Å². The molecule has 2 aromatic carbocycles. The van der Waals surface area contributed by atoms with Crippen molar-refractivity contribution in [3.8, 4) is 16.9 Å². The van der Waals surface area contributed by atoms with Gasteiger partial charge in [0.2, 0.25) is 0 Å². The number of H-pyrrole nitrogens is 1. The maximum absolute atomic E-state index is 12.2. The number of nitrogen functional groups attached to an aromatic ring is 1. The number of hydrogen-bond donors (Lipinski definition) is 4. The molecule has 1 aromatic heterocycles. The summed E-state index contributed by atoms with van der Waals surface area (Å²) in [5.74, 6) is -3.25. The summed E-state index contributed by atoms with van der Waals surface area (Å²) in [7, 11) is 1.37. The van der Waals surface area contributed by atoms with Crippen LogP contribution in [0.1, 0.15) is 20.7 Å². The number of aromatic carboxylic acids is 2.